The smallest absolute Gasteiger partial charge is 0.243 e. The lowest BCUT2D eigenvalue weighted by atomic mass is 10.1. The number of aromatic amines is 1. The van der Waals surface area contributed by atoms with Crippen LogP contribution in [-0.2, 0) is 16.6 Å². The third kappa shape index (κ3) is 3.61. The zero-order chi connectivity index (χ0) is 17.2. The van der Waals surface area contributed by atoms with Gasteiger partial charge in [0.25, 0.3) is 0 Å². The van der Waals surface area contributed by atoms with E-state index in [0.717, 1.165) is 38.0 Å². The molecule has 1 aromatic carbocycles. The van der Waals surface area contributed by atoms with Gasteiger partial charge in [0.2, 0.25) is 10.0 Å². The molecule has 1 saturated heterocycles. The average molecular weight is 349 g/mol. The highest BCUT2D eigenvalue weighted by Gasteiger charge is 2.30. The standard InChI is InChI=1S/C16H23N5O2S/c1-20(24(22,23)16-4-2-14(17)3-5-16)15-6-8-21(9-7-15)12-13-10-18-19-11-13/h2-5,10-11,15H,6-9,12,17H2,1H3,(H,18,19). The van der Waals surface area contributed by atoms with E-state index in [1.54, 1.807) is 31.3 Å². The van der Waals surface area contributed by atoms with Crippen molar-refractivity contribution in [3.8, 4) is 0 Å². The van der Waals surface area contributed by atoms with Crippen LogP contribution in [0.5, 0.6) is 0 Å². The Kier molecular flexibility index (Phi) is 4.88. The number of nitrogens with zero attached hydrogens (tertiary/aromatic N) is 3. The van der Waals surface area contributed by atoms with Crippen molar-refractivity contribution in [1.29, 1.82) is 0 Å². The Morgan fingerprint density at radius 3 is 2.54 bits per heavy atom. The van der Waals surface area contributed by atoms with Crippen LogP contribution in [-0.4, -0.2) is 54.0 Å². The van der Waals surface area contributed by atoms with Gasteiger partial charge in [-0.05, 0) is 37.1 Å². The van der Waals surface area contributed by atoms with Gasteiger partial charge in [-0.3, -0.25) is 10.00 Å². The molecule has 0 saturated carbocycles. The predicted octanol–water partition coefficient (Wildman–Crippen LogP) is 1.28. The maximum absolute atomic E-state index is 12.7. The van der Waals surface area contributed by atoms with Crippen LogP contribution in [0.4, 0.5) is 5.69 Å². The molecule has 2 heterocycles. The second-order valence-corrected chi connectivity index (χ2v) is 8.20. The fourth-order valence-electron chi connectivity index (χ4n) is 3.07. The van der Waals surface area contributed by atoms with E-state index in [9.17, 15) is 8.42 Å². The van der Waals surface area contributed by atoms with E-state index in [-0.39, 0.29) is 6.04 Å². The molecule has 2 aromatic rings. The summed E-state index contributed by atoms with van der Waals surface area (Å²) >= 11 is 0. The Hall–Kier alpha value is -1.90. The summed E-state index contributed by atoms with van der Waals surface area (Å²) in [6.07, 6.45) is 5.36. The van der Waals surface area contributed by atoms with Crippen LogP contribution in [0.15, 0.2) is 41.6 Å². The fourth-order valence-corrected chi connectivity index (χ4v) is 4.48. The Morgan fingerprint density at radius 1 is 1.29 bits per heavy atom. The quantitative estimate of drug-likeness (QED) is 0.793. The van der Waals surface area contributed by atoms with Crippen LogP contribution < -0.4 is 5.73 Å². The van der Waals surface area contributed by atoms with Crippen molar-refractivity contribution in [3.05, 3.63) is 42.2 Å². The molecule has 0 radical (unpaired) electrons. The van der Waals surface area contributed by atoms with E-state index < -0.39 is 10.0 Å². The Morgan fingerprint density at radius 2 is 1.96 bits per heavy atom. The number of benzene rings is 1. The van der Waals surface area contributed by atoms with E-state index in [2.05, 4.69) is 15.1 Å². The van der Waals surface area contributed by atoms with Gasteiger partial charge in [0.15, 0.2) is 0 Å². The molecule has 0 bridgehead atoms. The van der Waals surface area contributed by atoms with Crippen molar-refractivity contribution in [2.24, 2.45) is 0 Å². The second kappa shape index (κ2) is 6.92. The van der Waals surface area contributed by atoms with Gasteiger partial charge in [0.1, 0.15) is 0 Å². The lowest BCUT2D eigenvalue weighted by Gasteiger charge is -2.36. The first-order chi connectivity index (χ1) is 11.5. The molecule has 130 valence electrons. The van der Waals surface area contributed by atoms with Gasteiger partial charge in [-0.25, -0.2) is 8.42 Å². The van der Waals surface area contributed by atoms with Crippen molar-refractivity contribution in [2.45, 2.75) is 30.3 Å². The van der Waals surface area contributed by atoms with E-state index in [0.29, 0.717) is 10.6 Å². The van der Waals surface area contributed by atoms with Crippen molar-refractivity contribution in [2.75, 3.05) is 25.9 Å². The van der Waals surface area contributed by atoms with E-state index >= 15 is 0 Å². The molecule has 3 rings (SSSR count). The number of likely N-dealkylation sites (tertiary alicyclic amines) is 1. The topological polar surface area (TPSA) is 95.3 Å². The zero-order valence-electron chi connectivity index (χ0n) is 13.7. The number of sulfonamides is 1. The van der Waals surface area contributed by atoms with Crippen molar-refractivity contribution >= 4 is 15.7 Å². The van der Waals surface area contributed by atoms with Gasteiger partial charge in [0.05, 0.1) is 11.1 Å². The number of hydrogen-bond donors (Lipinski definition) is 2. The number of nitrogens with two attached hydrogens (primary N) is 1. The van der Waals surface area contributed by atoms with E-state index in [1.807, 2.05) is 12.4 Å². The van der Waals surface area contributed by atoms with Crippen LogP contribution >= 0.6 is 0 Å². The van der Waals surface area contributed by atoms with E-state index in [4.69, 9.17) is 5.73 Å². The first-order valence-corrected chi connectivity index (χ1v) is 9.44. The van der Waals surface area contributed by atoms with Crippen molar-refractivity contribution in [1.82, 2.24) is 19.4 Å². The Bertz CT molecular complexity index is 750. The van der Waals surface area contributed by atoms with Gasteiger partial charge in [-0.2, -0.15) is 9.40 Å². The monoisotopic (exact) mass is 349 g/mol. The summed E-state index contributed by atoms with van der Waals surface area (Å²) in [6.45, 7) is 2.59. The number of anilines is 1. The largest absolute Gasteiger partial charge is 0.399 e. The number of rotatable bonds is 5. The Balaban J connectivity index is 1.62. The SMILES string of the molecule is CN(C1CCN(Cc2cn[nH]c2)CC1)S(=O)(=O)c1ccc(N)cc1. The molecule has 7 nitrogen and oxygen atoms in total. The van der Waals surface area contributed by atoms with Crippen LogP contribution in [0.25, 0.3) is 0 Å². The number of piperidine rings is 1. The molecule has 1 aliphatic heterocycles. The fraction of sp³-hybridized carbons (Fsp3) is 0.438. The summed E-state index contributed by atoms with van der Waals surface area (Å²) < 4.78 is 27.0. The van der Waals surface area contributed by atoms with Crippen LogP contribution in [0.2, 0.25) is 0 Å². The van der Waals surface area contributed by atoms with E-state index in [1.165, 1.54) is 4.31 Å². The second-order valence-electron chi connectivity index (χ2n) is 6.20. The summed E-state index contributed by atoms with van der Waals surface area (Å²) in [4.78, 5) is 2.62. The van der Waals surface area contributed by atoms with Crippen molar-refractivity contribution < 1.29 is 8.42 Å². The molecule has 24 heavy (non-hydrogen) atoms. The summed E-state index contributed by atoms with van der Waals surface area (Å²) in [5.41, 5.74) is 7.35. The number of hydrogen-bond acceptors (Lipinski definition) is 5. The third-order valence-electron chi connectivity index (χ3n) is 4.59. The third-order valence-corrected chi connectivity index (χ3v) is 6.51. The first kappa shape index (κ1) is 16.9. The minimum absolute atomic E-state index is 0.0214. The number of nitrogens with one attached hydrogen (secondary N) is 1. The molecule has 0 spiro atoms. The highest BCUT2D eigenvalue weighted by atomic mass is 32.2. The van der Waals surface area contributed by atoms with Gasteiger partial charge < -0.3 is 5.73 Å². The molecular weight excluding hydrogens is 326 g/mol. The molecule has 0 atom stereocenters. The minimum Gasteiger partial charge on any atom is -0.399 e. The normalized spacial score (nSPS) is 17.4. The van der Waals surface area contributed by atoms with Gasteiger partial charge in [-0.1, -0.05) is 0 Å². The Labute approximate surface area is 142 Å². The first-order valence-electron chi connectivity index (χ1n) is 8.00. The molecular formula is C16H23N5O2S. The minimum atomic E-state index is -3.48. The maximum atomic E-state index is 12.7. The van der Waals surface area contributed by atoms with Crippen LogP contribution in [0, 0.1) is 0 Å². The molecule has 0 amide bonds. The summed E-state index contributed by atoms with van der Waals surface area (Å²) in [6, 6.07) is 6.39. The molecule has 0 aliphatic carbocycles. The van der Waals surface area contributed by atoms with Gasteiger partial charge >= 0.3 is 0 Å². The molecule has 1 fully saturated rings. The highest BCUT2D eigenvalue weighted by Crippen LogP contribution is 2.24. The number of aromatic nitrogens is 2. The van der Waals surface area contributed by atoms with Gasteiger partial charge in [0, 0.05) is 50.2 Å². The van der Waals surface area contributed by atoms with Crippen LogP contribution in [0.3, 0.4) is 0 Å². The maximum Gasteiger partial charge on any atom is 0.243 e. The zero-order valence-corrected chi connectivity index (χ0v) is 14.5. The summed E-state index contributed by atoms with van der Waals surface area (Å²) in [5, 5.41) is 6.77. The molecule has 1 aliphatic rings. The predicted molar refractivity (Wildman–Crippen MR) is 92.7 cm³/mol. The average Bonchev–Trinajstić information content (AvgIpc) is 3.08. The molecule has 0 unspecified atom stereocenters. The molecule has 1 aromatic heterocycles. The number of nitrogen functional groups attached to an aromatic ring is 1. The lowest BCUT2D eigenvalue weighted by Crippen LogP contribution is -2.45. The van der Waals surface area contributed by atoms with Crippen molar-refractivity contribution in [3.63, 3.8) is 0 Å². The molecule has 8 heteroatoms. The van der Waals surface area contributed by atoms with Gasteiger partial charge in [-0.15, -0.1) is 0 Å². The van der Waals surface area contributed by atoms with Crippen LogP contribution in [0.1, 0.15) is 18.4 Å². The molecule has 3 N–H and O–H groups in total. The lowest BCUT2D eigenvalue weighted by molar-refractivity contribution is 0.164. The summed E-state index contributed by atoms with van der Waals surface area (Å²) in [5.74, 6) is 0. The summed E-state index contributed by atoms with van der Waals surface area (Å²) in [7, 11) is -1.81. The number of H-pyrrole nitrogens is 1. The highest BCUT2D eigenvalue weighted by molar-refractivity contribution is 7.89.